The van der Waals surface area contributed by atoms with E-state index in [1.807, 2.05) is 36.4 Å². The highest BCUT2D eigenvalue weighted by atomic mass is 32.1. The van der Waals surface area contributed by atoms with E-state index in [9.17, 15) is 15.2 Å². The van der Waals surface area contributed by atoms with E-state index in [2.05, 4.69) is 17.9 Å². The third-order valence-corrected chi connectivity index (χ3v) is 6.18. The highest BCUT2D eigenvalue weighted by Crippen LogP contribution is 2.40. The molecule has 3 rings (SSSR count). The van der Waals surface area contributed by atoms with Crippen molar-refractivity contribution in [2.45, 2.75) is 31.8 Å². The molecule has 4 nitrogen and oxygen atoms in total. The highest BCUT2D eigenvalue weighted by molar-refractivity contribution is 7.13. The molecule has 0 aliphatic heterocycles. The second-order valence-corrected chi connectivity index (χ2v) is 8.00. The molecule has 138 valence electrons. The number of nitrogens with zero attached hydrogens (tertiary/aromatic N) is 1. The number of benzene rings is 1. The van der Waals surface area contributed by atoms with Crippen LogP contribution < -0.4 is 0 Å². The zero-order chi connectivity index (χ0) is 19.2. The Bertz CT molecular complexity index is 888. The van der Waals surface area contributed by atoms with Crippen LogP contribution in [-0.4, -0.2) is 22.3 Å². The van der Waals surface area contributed by atoms with Gasteiger partial charge in [0.1, 0.15) is 4.88 Å². The molecule has 1 fully saturated rings. The fourth-order valence-corrected chi connectivity index (χ4v) is 4.57. The van der Waals surface area contributed by atoms with E-state index in [4.69, 9.17) is 5.11 Å². The molecule has 1 aliphatic rings. The summed E-state index contributed by atoms with van der Waals surface area (Å²) in [5.41, 5.74) is 0.906. The number of aromatic carboxylic acids is 1. The topological polar surface area (TPSA) is 81.3 Å². The van der Waals surface area contributed by atoms with Crippen molar-refractivity contribution in [1.82, 2.24) is 0 Å². The Morgan fingerprint density at radius 1 is 1.22 bits per heavy atom. The largest absolute Gasteiger partial charge is 0.477 e. The predicted molar refractivity (Wildman–Crippen MR) is 104 cm³/mol. The van der Waals surface area contributed by atoms with Crippen LogP contribution in [0.25, 0.3) is 0 Å². The fourth-order valence-electron chi connectivity index (χ4n) is 3.68. The number of aliphatic hydroxyl groups is 1. The third-order valence-electron chi connectivity index (χ3n) is 5.04. The molecule has 5 heteroatoms. The average molecular weight is 379 g/mol. The maximum absolute atomic E-state index is 11.0. The fraction of sp³-hybridized carbons (Fsp3) is 0.364. The van der Waals surface area contributed by atoms with Crippen LogP contribution in [0.15, 0.2) is 42.5 Å². The minimum Gasteiger partial charge on any atom is -0.477 e. The number of aliphatic hydroxyl groups excluding tert-OH is 1. The summed E-state index contributed by atoms with van der Waals surface area (Å²) in [7, 11) is 0. The van der Waals surface area contributed by atoms with Crippen molar-refractivity contribution < 1.29 is 15.0 Å². The Kier molecular flexibility index (Phi) is 6.29. The number of nitriles is 1. The summed E-state index contributed by atoms with van der Waals surface area (Å²) in [6.45, 7) is 0. The molecule has 27 heavy (non-hydrogen) atoms. The van der Waals surface area contributed by atoms with Gasteiger partial charge in [0.25, 0.3) is 0 Å². The Morgan fingerprint density at radius 3 is 2.67 bits per heavy atom. The van der Waals surface area contributed by atoms with Crippen molar-refractivity contribution in [3.05, 3.63) is 57.8 Å². The predicted octanol–water partition coefficient (Wildman–Crippen LogP) is 3.96. The van der Waals surface area contributed by atoms with Gasteiger partial charge in [-0.25, -0.2) is 4.79 Å². The van der Waals surface area contributed by atoms with Crippen molar-refractivity contribution in [1.29, 1.82) is 5.26 Å². The molecule has 2 aromatic rings. The second kappa shape index (κ2) is 8.86. The summed E-state index contributed by atoms with van der Waals surface area (Å²) in [6.07, 6.45) is 2.32. The first-order valence-corrected chi connectivity index (χ1v) is 9.86. The monoisotopic (exact) mass is 379 g/mol. The third kappa shape index (κ3) is 4.77. The zero-order valence-corrected chi connectivity index (χ0v) is 15.7. The summed E-state index contributed by atoms with van der Waals surface area (Å²) in [5.74, 6) is 5.09. The van der Waals surface area contributed by atoms with Crippen LogP contribution in [0.5, 0.6) is 0 Å². The van der Waals surface area contributed by atoms with E-state index in [0.717, 1.165) is 29.7 Å². The van der Waals surface area contributed by atoms with Gasteiger partial charge in [0.15, 0.2) is 0 Å². The number of thiophene rings is 1. The van der Waals surface area contributed by atoms with Gasteiger partial charge in [-0.3, -0.25) is 0 Å². The lowest BCUT2D eigenvalue weighted by atomic mass is 9.85. The van der Waals surface area contributed by atoms with Crippen molar-refractivity contribution in [2.75, 3.05) is 0 Å². The SMILES string of the molecule is N#C[C@@H]1C[C@@H](O)[C@H](C#Cc2ccccc2)[C@H]1CCCc1ccc(C(=O)O)s1. The lowest BCUT2D eigenvalue weighted by Crippen LogP contribution is -2.19. The van der Waals surface area contributed by atoms with Gasteiger partial charge in [0.05, 0.1) is 24.0 Å². The average Bonchev–Trinajstić information content (AvgIpc) is 3.26. The lowest BCUT2D eigenvalue weighted by molar-refractivity contribution is 0.0702. The van der Waals surface area contributed by atoms with Crippen molar-refractivity contribution in [3.63, 3.8) is 0 Å². The van der Waals surface area contributed by atoms with Crippen LogP contribution >= 0.6 is 11.3 Å². The zero-order valence-electron chi connectivity index (χ0n) is 14.8. The molecule has 0 radical (unpaired) electrons. The Hall–Kier alpha value is -2.60. The number of hydrogen-bond acceptors (Lipinski definition) is 4. The van der Waals surface area contributed by atoms with E-state index in [-0.39, 0.29) is 17.8 Å². The van der Waals surface area contributed by atoms with Gasteiger partial charge in [-0.1, -0.05) is 30.0 Å². The number of carboxylic acid groups (broad SMARTS) is 1. The van der Waals surface area contributed by atoms with Gasteiger partial charge in [0.2, 0.25) is 0 Å². The summed E-state index contributed by atoms with van der Waals surface area (Å²) in [4.78, 5) is 12.4. The van der Waals surface area contributed by atoms with Crippen molar-refractivity contribution in [2.24, 2.45) is 17.8 Å². The van der Waals surface area contributed by atoms with Crippen molar-refractivity contribution >= 4 is 17.3 Å². The molecule has 1 aromatic carbocycles. The first-order chi connectivity index (χ1) is 13.1. The van der Waals surface area contributed by atoms with Crippen LogP contribution in [0.4, 0.5) is 0 Å². The smallest absolute Gasteiger partial charge is 0.345 e. The maximum atomic E-state index is 11.0. The maximum Gasteiger partial charge on any atom is 0.345 e. The van der Waals surface area contributed by atoms with E-state index in [1.54, 1.807) is 6.07 Å². The van der Waals surface area contributed by atoms with Crippen LogP contribution in [0.3, 0.4) is 0 Å². The standard InChI is InChI=1S/C22H21NO3S/c23-14-16-13-20(24)19(11-9-15-5-2-1-3-6-15)18(16)8-4-7-17-10-12-21(27-17)22(25)26/h1-3,5-6,10,12,16,18-20,24H,4,7-8,13H2,(H,25,26)/t16-,18-,19+,20+/m0/s1. The number of rotatable bonds is 5. The number of aryl methyl sites for hydroxylation is 1. The van der Waals surface area contributed by atoms with E-state index < -0.39 is 12.1 Å². The molecule has 0 amide bonds. The number of carboxylic acids is 1. The quantitative estimate of drug-likeness (QED) is 0.771. The normalized spacial score (nSPS) is 24.0. The van der Waals surface area contributed by atoms with Crippen LogP contribution in [-0.2, 0) is 6.42 Å². The molecular weight excluding hydrogens is 358 g/mol. The van der Waals surface area contributed by atoms with Crippen molar-refractivity contribution in [3.8, 4) is 17.9 Å². The summed E-state index contributed by atoms with van der Waals surface area (Å²) >= 11 is 1.30. The van der Waals surface area contributed by atoms with Gasteiger partial charge in [-0.15, -0.1) is 11.3 Å². The van der Waals surface area contributed by atoms with Gasteiger partial charge in [-0.05, 0) is 55.9 Å². The van der Waals surface area contributed by atoms with Gasteiger partial charge >= 0.3 is 5.97 Å². The van der Waals surface area contributed by atoms with Gasteiger partial charge in [0, 0.05) is 10.4 Å². The van der Waals surface area contributed by atoms with E-state index >= 15 is 0 Å². The second-order valence-electron chi connectivity index (χ2n) is 6.83. The Labute approximate surface area is 163 Å². The minimum absolute atomic E-state index is 0.0418. The van der Waals surface area contributed by atoms with Gasteiger partial charge < -0.3 is 10.2 Å². The molecule has 1 saturated carbocycles. The molecular formula is C22H21NO3S. The molecule has 2 N–H and O–H groups in total. The molecule has 0 saturated heterocycles. The lowest BCUT2D eigenvalue weighted by Gasteiger charge is -2.18. The van der Waals surface area contributed by atoms with Crippen LogP contribution in [0.1, 0.15) is 39.4 Å². The molecule has 1 heterocycles. The first kappa shape index (κ1) is 19.2. The molecule has 4 atom stereocenters. The van der Waals surface area contributed by atoms with E-state index in [0.29, 0.717) is 11.3 Å². The molecule has 0 spiro atoms. The highest BCUT2D eigenvalue weighted by Gasteiger charge is 2.41. The first-order valence-electron chi connectivity index (χ1n) is 9.04. The van der Waals surface area contributed by atoms with Gasteiger partial charge in [-0.2, -0.15) is 5.26 Å². The van der Waals surface area contributed by atoms with Crippen LogP contribution in [0, 0.1) is 40.9 Å². The Morgan fingerprint density at radius 2 is 2.00 bits per heavy atom. The number of hydrogen-bond donors (Lipinski definition) is 2. The summed E-state index contributed by atoms with van der Waals surface area (Å²) in [6, 6.07) is 15.5. The molecule has 1 aromatic heterocycles. The van der Waals surface area contributed by atoms with Crippen LogP contribution in [0.2, 0.25) is 0 Å². The minimum atomic E-state index is -0.897. The molecule has 0 unspecified atom stereocenters. The Balaban J connectivity index is 1.65. The number of carbonyl (C=O) groups is 1. The molecule has 1 aliphatic carbocycles. The molecule has 0 bridgehead atoms. The summed E-state index contributed by atoms with van der Waals surface area (Å²) < 4.78 is 0. The summed E-state index contributed by atoms with van der Waals surface area (Å²) in [5, 5.41) is 28.9. The van der Waals surface area contributed by atoms with E-state index in [1.165, 1.54) is 11.3 Å².